The number of nitrogens with zero attached hydrogens (tertiary/aromatic N) is 2. The molecule has 0 aliphatic heterocycles. The smallest absolute Gasteiger partial charge is 0.363 e. The summed E-state index contributed by atoms with van der Waals surface area (Å²) < 4.78 is 39.0. The zero-order valence-electron chi connectivity index (χ0n) is 15.9. The second-order valence-electron chi connectivity index (χ2n) is 6.81. The molecule has 2 heterocycles. The maximum atomic E-state index is 12.3. The first-order chi connectivity index (χ1) is 14.4. The van der Waals surface area contributed by atoms with Gasteiger partial charge in [0.05, 0.1) is 17.7 Å². The van der Waals surface area contributed by atoms with Gasteiger partial charge in [0.1, 0.15) is 12.2 Å². The number of aromatic nitrogens is 2. The van der Waals surface area contributed by atoms with Gasteiger partial charge in [-0.25, -0.2) is 4.98 Å². The van der Waals surface area contributed by atoms with Gasteiger partial charge in [0.15, 0.2) is 0 Å². The lowest BCUT2D eigenvalue weighted by Gasteiger charge is -2.14. The summed E-state index contributed by atoms with van der Waals surface area (Å²) >= 11 is 0. The standard InChI is InChI=1S/C23H19F3N4/c1-16(28-15-23(24,25)26)29-20-9-5-8-19(12-20)21-14-27-22-13-18(10-11-30(21)22)17-6-3-2-4-7-17/h2-14,28-29H,1,15H2. The van der Waals surface area contributed by atoms with Gasteiger partial charge < -0.3 is 10.6 Å². The van der Waals surface area contributed by atoms with Crippen LogP contribution >= 0.6 is 0 Å². The van der Waals surface area contributed by atoms with Gasteiger partial charge in [0.25, 0.3) is 0 Å². The third kappa shape index (κ3) is 4.46. The molecule has 0 radical (unpaired) electrons. The molecule has 2 aromatic carbocycles. The number of pyridine rings is 1. The SMILES string of the molecule is C=C(NCC(F)(F)F)Nc1cccc(-c2cnc3cc(-c4ccccc4)ccn23)c1. The zero-order chi connectivity index (χ0) is 21.1. The topological polar surface area (TPSA) is 41.4 Å². The summed E-state index contributed by atoms with van der Waals surface area (Å²) in [5.41, 5.74) is 5.37. The normalized spacial score (nSPS) is 11.4. The quantitative estimate of drug-likeness (QED) is 0.430. The molecule has 4 nitrogen and oxygen atoms in total. The van der Waals surface area contributed by atoms with E-state index in [9.17, 15) is 13.2 Å². The number of halogens is 3. The lowest BCUT2D eigenvalue weighted by molar-refractivity contribution is -0.123. The molecular formula is C23H19F3N4. The first kappa shape index (κ1) is 19.6. The Balaban J connectivity index is 1.57. The number of hydrogen-bond donors (Lipinski definition) is 2. The fraction of sp³-hybridized carbons (Fsp3) is 0.0870. The maximum Gasteiger partial charge on any atom is 0.405 e. The second-order valence-corrected chi connectivity index (χ2v) is 6.81. The van der Waals surface area contributed by atoms with Crippen LogP contribution in [0.5, 0.6) is 0 Å². The van der Waals surface area contributed by atoms with Gasteiger partial charge in [-0.15, -0.1) is 0 Å². The molecule has 4 aromatic rings. The largest absolute Gasteiger partial charge is 0.405 e. The van der Waals surface area contributed by atoms with Gasteiger partial charge in [0.2, 0.25) is 0 Å². The van der Waals surface area contributed by atoms with Crippen LogP contribution < -0.4 is 10.6 Å². The van der Waals surface area contributed by atoms with Gasteiger partial charge in [-0.1, -0.05) is 49.0 Å². The van der Waals surface area contributed by atoms with Crippen molar-refractivity contribution in [2.75, 3.05) is 11.9 Å². The first-order valence-corrected chi connectivity index (χ1v) is 9.28. The maximum absolute atomic E-state index is 12.3. The van der Waals surface area contributed by atoms with E-state index < -0.39 is 12.7 Å². The van der Waals surface area contributed by atoms with Crippen LogP contribution in [0.3, 0.4) is 0 Å². The molecule has 0 aliphatic rings. The monoisotopic (exact) mass is 408 g/mol. The van der Waals surface area contributed by atoms with Gasteiger partial charge in [-0.3, -0.25) is 4.40 Å². The third-order valence-corrected chi connectivity index (χ3v) is 4.58. The van der Waals surface area contributed by atoms with E-state index in [1.807, 2.05) is 71.3 Å². The van der Waals surface area contributed by atoms with Gasteiger partial charge in [-0.05, 0) is 35.4 Å². The van der Waals surface area contributed by atoms with Crippen molar-refractivity contribution in [3.05, 3.63) is 91.5 Å². The van der Waals surface area contributed by atoms with E-state index in [-0.39, 0.29) is 5.82 Å². The molecule has 0 aliphatic carbocycles. The minimum Gasteiger partial charge on any atom is -0.363 e. The van der Waals surface area contributed by atoms with E-state index in [0.29, 0.717) is 5.69 Å². The van der Waals surface area contributed by atoms with Crippen LogP contribution in [0.1, 0.15) is 0 Å². The van der Waals surface area contributed by atoms with Crippen LogP contribution in [-0.4, -0.2) is 22.1 Å². The Morgan fingerprint density at radius 1 is 0.933 bits per heavy atom. The molecule has 2 N–H and O–H groups in total. The minimum absolute atomic E-state index is 0.0788. The zero-order valence-corrected chi connectivity index (χ0v) is 15.9. The van der Waals surface area contributed by atoms with Gasteiger partial charge >= 0.3 is 6.18 Å². The Morgan fingerprint density at radius 2 is 1.70 bits per heavy atom. The number of fused-ring (bicyclic) bond motifs is 1. The van der Waals surface area contributed by atoms with Gasteiger partial charge in [0, 0.05) is 17.4 Å². The van der Waals surface area contributed by atoms with Crippen LogP contribution in [-0.2, 0) is 0 Å². The molecule has 0 spiro atoms. The summed E-state index contributed by atoms with van der Waals surface area (Å²) in [7, 11) is 0. The van der Waals surface area contributed by atoms with Crippen molar-refractivity contribution in [3.63, 3.8) is 0 Å². The summed E-state index contributed by atoms with van der Waals surface area (Å²) in [5.74, 6) is 0.0788. The number of nitrogens with one attached hydrogen (secondary N) is 2. The lowest BCUT2D eigenvalue weighted by Crippen LogP contribution is -2.30. The predicted octanol–water partition coefficient (Wildman–Crippen LogP) is 5.70. The highest BCUT2D eigenvalue weighted by molar-refractivity contribution is 5.72. The first-order valence-electron chi connectivity index (χ1n) is 9.28. The molecule has 2 aromatic heterocycles. The fourth-order valence-corrected chi connectivity index (χ4v) is 3.19. The number of alkyl halides is 3. The number of benzene rings is 2. The summed E-state index contributed by atoms with van der Waals surface area (Å²) in [6.45, 7) is 2.45. The molecule has 0 bridgehead atoms. The Kier molecular flexibility index (Phi) is 5.18. The van der Waals surface area contributed by atoms with Crippen molar-refractivity contribution in [3.8, 4) is 22.4 Å². The molecule has 7 heteroatoms. The highest BCUT2D eigenvalue weighted by Gasteiger charge is 2.26. The lowest BCUT2D eigenvalue weighted by atomic mass is 10.1. The van der Waals surface area contributed by atoms with Crippen molar-refractivity contribution in [1.82, 2.24) is 14.7 Å². The molecule has 0 fully saturated rings. The van der Waals surface area contributed by atoms with Crippen molar-refractivity contribution in [2.24, 2.45) is 0 Å². The number of imidazole rings is 1. The van der Waals surface area contributed by atoms with E-state index in [0.717, 1.165) is 28.0 Å². The Bertz CT molecular complexity index is 1180. The molecule has 0 atom stereocenters. The highest BCUT2D eigenvalue weighted by atomic mass is 19.4. The van der Waals surface area contributed by atoms with Crippen LogP contribution in [0.15, 0.2) is 91.5 Å². The number of rotatable bonds is 6. The molecule has 30 heavy (non-hydrogen) atoms. The summed E-state index contributed by atoms with van der Waals surface area (Å²) in [6.07, 6.45) is -0.564. The highest BCUT2D eigenvalue weighted by Crippen LogP contribution is 2.27. The van der Waals surface area contributed by atoms with E-state index in [1.165, 1.54) is 0 Å². The van der Waals surface area contributed by atoms with Crippen molar-refractivity contribution >= 4 is 11.3 Å². The average molecular weight is 408 g/mol. The van der Waals surface area contributed by atoms with Gasteiger partial charge in [-0.2, -0.15) is 13.2 Å². The van der Waals surface area contributed by atoms with Crippen LogP contribution in [0, 0.1) is 0 Å². The fourth-order valence-electron chi connectivity index (χ4n) is 3.19. The summed E-state index contributed by atoms with van der Waals surface area (Å²) in [5, 5.41) is 5.09. The Hall–Kier alpha value is -3.74. The van der Waals surface area contributed by atoms with E-state index in [4.69, 9.17) is 0 Å². The van der Waals surface area contributed by atoms with E-state index in [1.54, 1.807) is 12.3 Å². The summed E-state index contributed by atoms with van der Waals surface area (Å²) in [4.78, 5) is 4.52. The Labute approximate surface area is 171 Å². The molecular weight excluding hydrogens is 389 g/mol. The molecule has 0 saturated heterocycles. The molecule has 0 unspecified atom stereocenters. The van der Waals surface area contributed by atoms with Crippen LogP contribution in [0.2, 0.25) is 0 Å². The number of hydrogen-bond acceptors (Lipinski definition) is 3. The Morgan fingerprint density at radius 3 is 2.47 bits per heavy atom. The van der Waals surface area contributed by atoms with E-state index >= 15 is 0 Å². The number of anilines is 1. The molecule has 4 rings (SSSR count). The van der Waals surface area contributed by atoms with Crippen molar-refractivity contribution in [1.29, 1.82) is 0 Å². The van der Waals surface area contributed by atoms with Crippen molar-refractivity contribution in [2.45, 2.75) is 6.18 Å². The van der Waals surface area contributed by atoms with Crippen LogP contribution in [0.25, 0.3) is 28.0 Å². The second kappa shape index (κ2) is 7.94. The summed E-state index contributed by atoms with van der Waals surface area (Å²) in [6, 6.07) is 21.5. The third-order valence-electron chi connectivity index (χ3n) is 4.58. The molecule has 0 amide bonds. The minimum atomic E-state index is -4.30. The van der Waals surface area contributed by atoms with E-state index in [2.05, 4.69) is 22.2 Å². The van der Waals surface area contributed by atoms with Crippen molar-refractivity contribution < 1.29 is 13.2 Å². The average Bonchev–Trinajstić information content (AvgIpc) is 3.16. The van der Waals surface area contributed by atoms with Crippen LogP contribution in [0.4, 0.5) is 18.9 Å². The predicted molar refractivity (Wildman–Crippen MR) is 113 cm³/mol. The molecule has 152 valence electrons. The molecule has 0 saturated carbocycles.